The number of morpholine rings is 1. The number of nitrogens with two attached hydrogens (primary N) is 1. The predicted molar refractivity (Wildman–Crippen MR) is 128 cm³/mol. The Morgan fingerprint density at radius 2 is 1.83 bits per heavy atom. The molecule has 1 fully saturated rings. The first kappa shape index (κ1) is 24.5. The molecule has 4 N–H and O–H groups in total. The van der Waals surface area contributed by atoms with E-state index in [4.69, 9.17) is 10.5 Å². The number of halogens is 3. The molecule has 0 radical (unpaired) electrons. The molecule has 3 aromatic rings. The quantitative estimate of drug-likeness (QED) is 0.445. The molecule has 0 bridgehead atoms. The Bertz CT molecular complexity index is 1260. The summed E-state index contributed by atoms with van der Waals surface area (Å²) in [5.74, 6) is -0.351. The fourth-order valence-electron chi connectivity index (χ4n) is 4.17. The van der Waals surface area contributed by atoms with E-state index in [1.165, 1.54) is 6.07 Å². The molecule has 0 saturated carbocycles. The highest BCUT2D eigenvalue weighted by Crippen LogP contribution is 2.34. The van der Waals surface area contributed by atoms with Crippen LogP contribution < -0.4 is 16.4 Å². The van der Waals surface area contributed by atoms with Crippen LogP contribution in [0.1, 0.15) is 46.7 Å². The molecule has 0 aliphatic carbocycles. The van der Waals surface area contributed by atoms with E-state index < -0.39 is 23.8 Å². The third kappa shape index (κ3) is 4.95. The summed E-state index contributed by atoms with van der Waals surface area (Å²) in [6.45, 7) is 5.29. The molecule has 0 spiro atoms. The first-order chi connectivity index (χ1) is 16.7. The summed E-state index contributed by atoms with van der Waals surface area (Å²) in [4.78, 5) is 23.8. The lowest BCUT2D eigenvalue weighted by Gasteiger charge is -2.27. The van der Waals surface area contributed by atoms with E-state index in [1.807, 2.05) is 0 Å². The van der Waals surface area contributed by atoms with E-state index in [0.717, 1.165) is 6.07 Å². The maximum atomic E-state index is 14.8. The van der Waals surface area contributed by atoms with Gasteiger partial charge in [0.15, 0.2) is 0 Å². The number of nitrogens with zero attached hydrogens (tertiary/aromatic N) is 3. The number of carbonyl (C=O) groups excluding carboxylic acids is 1. The van der Waals surface area contributed by atoms with Crippen LogP contribution in [-0.4, -0.2) is 54.1 Å². The normalized spacial score (nSPS) is 14.9. The molecular formula is C24H27F3N6O2. The zero-order valence-corrected chi connectivity index (χ0v) is 19.7. The Hall–Kier alpha value is -3.60. The zero-order chi connectivity index (χ0) is 25.3. The highest BCUT2D eigenvalue weighted by molar-refractivity contribution is 6.05. The SMILES string of the molecule is CNc1cc2c(NC(C)c3cc(N)cc(C(F)F)c3F)nc(C)nc2cc1C(=O)N1CCOCC1. The van der Waals surface area contributed by atoms with Gasteiger partial charge >= 0.3 is 0 Å². The number of amides is 1. The fourth-order valence-corrected chi connectivity index (χ4v) is 4.17. The summed E-state index contributed by atoms with van der Waals surface area (Å²) in [7, 11) is 1.70. The molecule has 1 aliphatic rings. The average molecular weight is 489 g/mol. The number of ether oxygens (including phenoxy) is 1. The number of nitrogens with one attached hydrogen (secondary N) is 2. The largest absolute Gasteiger partial charge is 0.399 e. The molecular weight excluding hydrogens is 461 g/mol. The number of hydrogen-bond acceptors (Lipinski definition) is 7. The van der Waals surface area contributed by atoms with Gasteiger partial charge in [0.2, 0.25) is 0 Å². The van der Waals surface area contributed by atoms with Gasteiger partial charge in [0.25, 0.3) is 12.3 Å². The lowest BCUT2D eigenvalue weighted by atomic mass is 10.0. The number of aryl methyl sites for hydroxylation is 1. The lowest BCUT2D eigenvalue weighted by molar-refractivity contribution is 0.0303. The van der Waals surface area contributed by atoms with E-state index in [0.29, 0.717) is 60.1 Å². The van der Waals surface area contributed by atoms with Gasteiger partial charge in [0, 0.05) is 42.5 Å². The highest BCUT2D eigenvalue weighted by atomic mass is 19.3. The van der Waals surface area contributed by atoms with Gasteiger partial charge in [-0.05, 0) is 38.1 Å². The smallest absolute Gasteiger partial charge is 0.266 e. The van der Waals surface area contributed by atoms with Gasteiger partial charge in [0.1, 0.15) is 17.5 Å². The van der Waals surface area contributed by atoms with E-state index in [1.54, 1.807) is 37.9 Å². The topological polar surface area (TPSA) is 105 Å². The molecule has 1 amide bonds. The molecule has 1 aromatic heterocycles. The summed E-state index contributed by atoms with van der Waals surface area (Å²) in [6.07, 6.45) is -2.99. The molecule has 1 unspecified atom stereocenters. The zero-order valence-electron chi connectivity index (χ0n) is 19.7. The molecule has 35 heavy (non-hydrogen) atoms. The fraction of sp³-hybridized carbons (Fsp3) is 0.375. The van der Waals surface area contributed by atoms with E-state index in [9.17, 15) is 18.0 Å². The van der Waals surface area contributed by atoms with Crippen LogP contribution in [0.25, 0.3) is 10.9 Å². The van der Waals surface area contributed by atoms with E-state index in [2.05, 4.69) is 20.6 Å². The van der Waals surface area contributed by atoms with Gasteiger partial charge in [-0.1, -0.05) is 0 Å². The average Bonchev–Trinajstić information content (AvgIpc) is 2.84. The number of carbonyl (C=O) groups is 1. The van der Waals surface area contributed by atoms with Gasteiger partial charge in [0.05, 0.1) is 35.9 Å². The van der Waals surface area contributed by atoms with E-state index in [-0.39, 0.29) is 17.2 Å². The number of benzene rings is 2. The first-order valence-corrected chi connectivity index (χ1v) is 11.2. The Balaban J connectivity index is 1.74. The molecule has 2 heterocycles. The Morgan fingerprint density at radius 3 is 2.49 bits per heavy atom. The summed E-state index contributed by atoms with van der Waals surface area (Å²) >= 11 is 0. The number of fused-ring (bicyclic) bond motifs is 1. The summed E-state index contributed by atoms with van der Waals surface area (Å²) in [5, 5.41) is 6.74. The Kier molecular flexibility index (Phi) is 6.97. The second-order valence-corrected chi connectivity index (χ2v) is 8.37. The van der Waals surface area contributed by atoms with Crippen molar-refractivity contribution in [2.24, 2.45) is 0 Å². The molecule has 1 atom stereocenters. The molecule has 11 heteroatoms. The number of alkyl halides is 2. The molecule has 2 aromatic carbocycles. The van der Waals surface area contributed by atoms with Crippen molar-refractivity contribution in [3.8, 4) is 0 Å². The number of aromatic nitrogens is 2. The third-order valence-corrected chi connectivity index (χ3v) is 5.95. The lowest BCUT2D eigenvalue weighted by Crippen LogP contribution is -2.40. The highest BCUT2D eigenvalue weighted by Gasteiger charge is 2.24. The first-order valence-electron chi connectivity index (χ1n) is 11.2. The maximum absolute atomic E-state index is 14.8. The number of anilines is 3. The van der Waals surface area contributed by atoms with Crippen LogP contribution in [0.15, 0.2) is 24.3 Å². The second-order valence-electron chi connectivity index (χ2n) is 8.37. The number of rotatable bonds is 6. The molecule has 8 nitrogen and oxygen atoms in total. The van der Waals surface area contributed by atoms with Crippen LogP contribution in [0.3, 0.4) is 0 Å². The number of hydrogen-bond donors (Lipinski definition) is 3. The number of nitrogen functional groups attached to an aromatic ring is 1. The maximum Gasteiger partial charge on any atom is 0.266 e. The van der Waals surface area contributed by atoms with Crippen molar-refractivity contribution in [1.82, 2.24) is 14.9 Å². The molecule has 1 saturated heterocycles. The summed E-state index contributed by atoms with van der Waals surface area (Å²) < 4.78 is 46.7. The van der Waals surface area contributed by atoms with Gasteiger partial charge in [-0.3, -0.25) is 4.79 Å². The minimum absolute atomic E-state index is 0.00216. The van der Waals surface area contributed by atoms with Gasteiger partial charge in [-0.25, -0.2) is 23.1 Å². The van der Waals surface area contributed by atoms with Crippen LogP contribution in [0.4, 0.5) is 30.4 Å². The van der Waals surface area contributed by atoms with Crippen LogP contribution >= 0.6 is 0 Å². The van der Waals surface area contributed by atoms with Gasteiger partial charge in [-0.15, -0.1) is 0 Å². The molecule has 4 rings (SSSR count). The molecule has 1 aliphatic heterocycles. The van der Waals surface area contributed by atoms with Gasteiger partial charge < -0.3 is 26.0 Å². The monoisotopic (exact) mass is 488 g/mol. The minimum Gasteiger partial charge on any atom is -0.399 e. The van der Waals surface area contributed by atoms with Crippen molar-refractivity contribution in [3.05, 3.63) is 52.6 Å². The third-order valence-electron chi connectivity index (χ3n) is 5.95. The van der Waals surface area contributed by atoms with Crippen molar-refractivity contribution in [1.29, 1.82) is 0 Å². The van der Waals surface area contributed by atoms with Crippen molar-refractivity contribution < 1.29 is 22.7 Å². The summed E-state index contributed by atoms with van der Waals surface area (Å²) in [5.41, 5.74) is 6.59. The van der Waals surface area contributed by atoms with Crippen LogP contribution in [-0.2, 0) is 4.74 Å². The van der Waals surface area contributed by atoms with Crippen molar-refractivity contribution in [3.63, 3.8) is 0 Å². The minimum atomic E-state index is -2.99. The van der Waals surface area contributed by atoms with E-state index >= 15 is 0 Å². The van der Waals surface area contributed by atoms with Crippen LogP contribution in [0.5, 0.6) is 0 Å². The van der Waals surface area contributed by atoms with Crippen LogP contribution in [0, 0.1) is 12.7 Å². The summed E-state index contributed by atoms with van der Waals surface area (Å²) in [6, 6.07) is 4.97. The van der Waals surface area contributed by atoms with Crippen molar-refractivity contribution >= 4 is 34.0 Å². The Morgan fingerprint density at radius 1 is 1.14 bits per heavy atom. The van der Waals surface area contributed by atoms with Crippen molar-refractivity contribution in [2.45, 2.75) is 26.3 Å². The Labute approximate surface area is 200 Å². The molecule has 186 valence electrons. The standard InChI is InChI=1S/C24H27F3N6O2/c1-12(15-8-14(28)9-18(21(15)25)22(26)27)30-23-16-10-19(29-3)17(11-20(16)31-13(2)32-23)24(34)33-4-6-35-7-5-33/h8-12,22,29H,4-7,28H2,1-3H3,(H,30,31,32). The predicted octanol–water partition coefficient (Wildman–Crippen LogP) is 4.28. The van der Waals surface area contributed by atoms with Gasteiger partial charge in [-0.2, -0.15) is 0 Å². The van der Waals surface area contributed by atoms with Crippen LogP contribution in [0.2, 0.25) is 0 Å². The van der Waals surface area contributed by atoms with Crippen molar-refractivity contribution in [2.75, 3.05) is 49.7 Å². The second kappa shape index (κ2) is 9.95.